The van der Waals surface area contributed by atoms with E-state index in [9.17, 15) is 5.11 Å². The molecule has 2 aromatic carbocycles. The minimum absolute atomic E-state index is 0.173. The Kier molecular flexibility index (Phi) is 5.81. The SMILES string of the molecule is COc1nc(NCCc2ccc(Cl)cc2Cl)cc(-c2cccc(O)c2)n1. The molecule has 5 nitrogen and oxygen atoms in total. The molecule has 0 radical (unpaired) electrons. The van der Waals surface area contributed by atoms with E-state index in [-0.39, 0.29) is 11.8 Å². The average Bonchev–Trinajstić information content (AvgIpc) is 2.63. The van der Waals surface area contributed by atoms with Gasteiger partial charge in [-0.2, -0.15) is 9.97 Å². The minimum Gasteiger partial charge on any atom is -0.508 e. The van der Waals surface area contributed by atoms with Crippen molar-refractivity contribution < 1.29 is 9.84 Å². The molecule has 0 bridgehead atoms. The number of phenols is 1. The van der Waals surface area contributed by atoms with Crippen molar-refractivity contribution in [2.24, 2.45) is 0 Å². The van der Waals surface area contributed by atoms with Crippen LogP contribution in [-0.2, 0) is 6.42 Å². The van der Waals surface area contributed by atoms with Crippen LogP contribution < -0.4 is 10.1 Å². The number of nitrogens with one attached hydrogen (secondary N) is 1. The van der Waals surface area contributed by atoms with E-state index in [2.05, 4.69) is 15.3 Å². The van der Waals surface area contributed by atoms with Gasteiger partial charge in [0, 0.05) is 28.2 Å². The summed E-state index contributed by atoms with van der Waals surface area (Å²) in [6.45, 7) is 0.626. The molecule has 0 aliphatic heterocycles. The van der Waals surface area contributed by atoms with Gasteiger partial charge >= 0.3 is 6.01 Å². The van der Waals surface area contributed by atoms with E-state index < -0.39 is 0 Å². The second-order valence-electron chi connectivity index (χ2n) is 5.59. The van der Waals surface area contributed by atoms with Gasteiger partial charge in [-0.1, -0.05) is 41.4 Å². The number of methoxy groups -OCH3 is 1. The number of hydrogen-bond donors (Lipinski definition) is 2. The van der Waals surface area contributed by atoms with Gasteiger partial charge in [0.1, 0.15) is 11.6 Å². The van der Waals surface area contributed by atoms with Crippen LogP contribution >= 0.6 is 23.2 Å². The fourth-order valence-electron chi connectivity index (χ4n) is 2.47. The number of ether oxygens (including phenoxy) is 1. The highest BCUT2D eigenvalue weighted by atomic mass is 35.5. The number of phenolic OH excluding ortho intramolecular Hbond substituents is 1. The van der Waals surface area contributed by atoms with Gasteiger partial charge in [-0.05, 0) is 36.2 Å². The normalized spacial score (nSPS) is 10.6. The van der Waals surface area contributed by atoms with Crippen molar-refractivity contribution in [3.05, 3.63) is 64.1 Å². The van der Waals surface area contributed by atoms with E-state index in [1.807, 2.05) is 18.2 Å². The first-order valence-electron chi connectivity index (χ1n) is 7.95. The quantitative estimate of drug-likeness (QED) is 0.632. The maximum Gasteiger partial charge on any atom is 0.318 e. The van der Waals surface area contributed by atoms with Gasteiger partial charge in [-0.15, -0.1) is 0 Å². The molecule has 134 valence electrons. The Morgan fingerprint density at radius 1 is 1.08 bits per heavy atom. The zero-order valence-corrected chi connectivity index (χ0v) is 15.6. The first-order chi connectivity index (χ1) is 12.5. The van der Waals surface area contributed by atoms with Crippen molar-refractivity contribution in [2.45, 2.75) is 6.42 Å². The molecular weight excluding hydrogens is 373 g/mol. The van der Waals surface area contributed by atoms with Gasteiger partial charge in [0.05, 0.1) is 12.8 Å². The van der Waals surface area contributed by atoms with Gasteiger partial charge in [-0.25, -0.2) is 0 Å². The number of rotatable bonds is 6. The Bertz CT molecular complexity index is 919. The summed E-state index contributed by atoms with van der Waals surface area (Å²) >= 11 is 12.1. The molecule has 1 heterocycles. The molecule has 0 aliphatic rings. The zero-order valence-electron chi connectivity index (χ0n) is 14.0. The second-order valence-corrected chi connectivity index (χ2v) is 6.43. The molecule has 0 atom stereocenters. The van der Waals surface area contributed by atoms with E-state index >= 15 is 0 Å². The number of aromatic hydroxyl groups is 1. The number of halogens is 2. The predicted octanol–water partition coefficient (Wildman–Crippen LogP) is 4.82. The molecule has 3 aromatic rings. The molecule has 3 rings (SSSR count). The Morgan fingerprint density at radius 3 is 2.65 bits per heavy atom. The lowest BCUT2D eigenvalue weighted by Crippen LogP contribution is -2.08. The summed E-state index contributed by atoms with van der Waals surface area (Å²) in [4.78, 5) is 8.64. The van der Waals surface area contributed by atoms with Crippen LogP contribution in [0, 0.1) is 0 Å². The van der Waals surface area contributed by atoms with Gasteiger partial charge < -0.3 is 15.2 Å². The van der Waals surface area contributed by atoms with Gasteiger partial charge in [0.15, 0.2) is 0 Å². The molecule has 1 aromatic heterocycles. The molecule has 7 heteroatoms. The monoisotopic (exact) mass is 389 g/mol. The maximum absolute atomic E-state index is 9.67. The molecule has 0 fully saturated rings. The highest BCUT2D eigenvalue weighted by Crippen LogP contribution is 2.25. The summed E-state index contributed by atoms with van der Waals surface area (Å²) in [7, 11) is 1.51. The molecule has 2 N–H and O–H groups in total. The molecular formula is C19H17Cl2N3O2. The lowest BCUT2D eigenvalue weighted by molar-refractivity contribution is 0.381. The third-order valence-electron chi connectivity index (χ3n) is 3.75. The Labute approximate surface area is 161 Å². The van der Waals surface area contributed by atoms with E-state index in [0.29, 0.717) is 34.5 Å². The van der Waals surface area contributed by atoms with Gasteiger partial charge in [0.25, 0.3) is 0 Å². The summed E-state index contributed by atoms with van der Waals surface area (Å²) in [5, 5.41) is 14.2. The minimum atomic E-state index is 0.173. The van der Waals surface area contributed by atoms with Gasteiger partial charge in [-0.3, -0.25) is 0 Å². The summed E-state index contributed by atoms with van der Waals surface area (Å²) < 4.78 is 5.18. The Morgan fingerprint density at radius 2 is 1.92 bits per heavy atom. The van der Waals surface area contributed by atoms with E-state index in [1.165, 1.54) is 7.11 Å². The highest BCUT2D eigenvalue weighted by molar-refractivity contribution is 6.35. The van der Waals surface area contributed by atoms with Crippen LogP contribution in [0.15, 0.2) is 48.5 Å². The molecule has 0 unspecified atom stereocenters. The first-order valence-corrected chi connectivity index (χ1v) is 8.71. The summed E-state index contributed by atoms with van der Waals surface area (Å²) in [6.07, 6.45) is 0.712. The van der Waals surface area contributed by atoms with Crippen molar-refractivity contribution in [3.8, 4) is 23.0 Å². The van der Waals surface area contributed by atoms with Crippen molar-refractivity contribution >= 4 is 29.0 Å². The van der Waals surface area contributed by atoms with Crippen LogP contribution in [0.4, 0.5) is 5.82 Å². The standard InChI is InChI=1S/C19H17Cl2N3O2/c1-26-19-23-17(13-3-2-4-15(25)9-13)11-18(24-19)22-8-7-12-5-6-14(20)10-16(12)21/h2-6,9-11,25H,7-8H2,1H3,(H,22,23,24). The number of hydrogen-bond acceptors (Lipinski definition) is 5. The summed E-state index contributed by atoms with van der Waals surface area (Å²) in [6, 6.07) is 14.4. The molecule has 0 saturated carbocycles. The number of nitrogens with zero attached hydrogens (tertiary/aromatic N) is 2. The smallest absolute Gasteiger partial charge is 0.318 e. The fraction of sp³-hybridized carbons (Fsp3) is 0.158. The fourth-order valence-corrected chi connectivity index (χ4v) is 2.97. The largest absolute Gasteiger partial charge is 0.508 e. The summed E-state index contributed by atoms with van der Waals surface area (Å²) in [5.74, 6) is 0.798. The van der Waals surface area contributed by atoms with Crippen LogP contribution in [0.5, 0.6) is 11.8 Å². The van der Waals surface area contributed by atoms with Crippen LogP contribution in [-0.4, -0.2) is 28.7 Å². The third-order valence-corrected chi connectivity index (χ3v) is 4.33. The average molecular weight is 390 g/mol. The van der Waals surface area contributed by atoms with Crippen molar-refractivity contribution in [3.63, 3.8) is 0 Å². The lowest BCUT2D eigenvalue weighted by atomic mass is 10.1. The third kappa shape index (κ3) is 4.56. The number of anilines is 1. The highest BCUT2D eigenvalue weighted by Gasteiger charge is 2.08. The van der Waals surface area contributed by atoms with Crippen molar-refractivity contribution in [2.75, 3.05) is 19.0 Å². The van der Waals surface area contributed by atoms with Crippen LogP contribution in [0.3, 0.4) is 0 Å². The zero-order chi connectivity index (χ0) is 18.5. The maximum atomic E-state index is 9.67. The first kappa shape index (κ1) is 18.3. The van der Waals surface area contributed by atoms with Gasteiger partial charge in [0.2, 0.25) is 0 Å². The Hall–Kier alpha value is -2.50. The predicted molar refractivity (Wildman–Crippen MR) is 104 cm³/mol. The number of aromatic nitrogens is 2. The van der Waals surface area contributed by atoms with Crippen molar-refractivity contribution in [1.82, 2.24) is 9.97 Å². The summed E-state index contributed by atoms with van der Waals surface area (Å²) in [5.41, 5.74) is 2.42. The number of benzene rings is 2. The van der Waals surface area contributed by atoms with E-state index in [4.69, 9.17) is 27.9 Å². The molecule has 0 amide bonds. The lowest BCUT2D eigenvalue weighted by Gasteiger charge is -2.10. The van der Waals surface area contributed by atoms with Crippen LogP contribution in [0.1, 0.15) is 5.56 Å². The second kappa shape index (κ2) is 8.25. The van der Waals surface area contributed by atoms with E-state index in [1.54, 1.807) is 30.3 Å². The molecule has 0 aliphatic carbocycles. The Balaban J connectivity index is 1.76. The van der Waals surface area contributed by atoms with Crippen molar-refractivity contribution in [1.29, 1.82) is 0 Å². The van der Waals surface area contributed by atoms with E-state index in [0.717, 1.165) is 11.1 Å². The van der Waals surface area contributed by atoms with Crippen LogP contribution in [0.2, 0.25) is 10.0 Å². The molecule has 0 spiro atoms. The van der Waals surface area contributed by atoms with Crippen LogP contribution in [0.25, 0.3) is 11.3 Å². The topological polar surface area (TPSA) is 67.3 Å². The molecule has 0 saturated heterocycles. The molecule has 26 heavy (non-hydrogen) atoms.